The molecule has 0 saturated heterocycles. The van der Waals surface area contributed by atoms with Gasteiger partial charge < -0.3 is 28.1 Å². The molecule has 16 nitrogen and oxygen atoms in total. The molecule has 3 fully saturated rings. The number of alkyl halides is 8. The highest BCUT2D eigenvalue weighted by atomic mass is 19.4. The molecule has 79 heavy (non-hydrogen) atoms. The zero-order chi connectivity index (χ0) is 55.8. The molecular weight excluding hydrogens is 1050 g/mol. The largest absolute Gasteiger partial charge is 0.480 e. The summed E-state index contributed by atoms with van der Waals surface area (Å²) in [4.78, 5) is 42.4. The van der Waals surface area contributed by atoms with Crippen molar-refractivity contribution in [2.75, 3.05) is 14.2 Å². The van der Waals surface area contributed by atoms with Gasteiger partial charge in [0.05, 0.1) is 37.7 Å². The maximum absolute atomic E-state index is 15.1. The van der Waals surface area contributed by atoms with E-state index in [1.807, 2.05) is 0 Å². The number of aromatic nitrogens is 12. The standard InChI is InChI=1S/C28H27F5N6O2.C26H22F4N6O2/c1-4-27(29,30)14-39-12-20(28(31,32)33)37-24(39)19-7-5-17(6-8-19)13-41-25-16(2)11-34-23(38-25)21-22(18-9-10-18)35-15-36-26(21)40-3;1-37-25-21(22(15-3-4-15)32-13-33-25)23-31-9-8-20(35-23)38-12-14-2-7-17(18(27)10-14)24-34-19(26(28,29)30)11-36(24)16-5-6-16/h5-8,11-12,15,18H,4,9-10,13-14H2,1-3H3;2,7-11,13,15-16H,3-6,12H2,1H3. The maximum Gasteiger partial charge on any atom is 0.434 e. The Labute approximate surface area is 445 Å². The summed E-state index contributed by atoms with van der Waals surface area (Å²) in [5.74, 6) is -1.44. The minimum atomic E-state index is -4.77. The van der Waals surface area contributed by atoms with Crippen LogP contribution in [0.4, 0.5) is 39.5 Å². The van der Waals surface area contributed by atoms with Crippen molar-refractivity contribution in [3.05, 3.63) is 131 Å². The van der Waals surface area contributed by atoms with Crippen LogP contribution in [0.2, 0.25) is 0 Å². The summed E-state index contributed by atoms with van der Waals surface area (Å²) in [6.45, 7) is 2.23. The van der Waals surface area contributed by atoms with Crippen molar-refractivity contribution in [2.24, 2.45) is 0 Å². The van der Waals surface area contributed by atoms with E-state index in [0.29, 0.717) is 75.1 Å². The topological polar surface area (TPSA) is 176 Å². The van der Waals surface area contributed by atoms with Gasteiger partial charge in [-0.25, -0.2) is 53.0 Å². The average Bonchev–Trinajstić information content (AvgIpc) is 4.42. The Kier molecular flexibility index (Phi) is 15.0. The van der Waals surface area contributed by atoms with E-state index < -0.39 is 48.4 Å². The maximum atomic E-state index is 15.1. The number of hydrogen-bond acceptors (Lipinski definition) is 14. The molecule has 8 aromatic rings. The van der Waals surface area contributed by atoms with Crippen LogP contribution in [0.1, 0.15) is 109 Å². The van der Waals surface area contributed by atoms with E-state index in [1.165, 1.54) is 62.6 Å². The van der Waals surface area contributed by atoms with Crippen LogP contribution >= 0.6 is 0 Å². The number of benzene rings is 2. The number of ether oxygens (including phenoxy) is 4. The monoisotopic (exact) mass is 1100 g/mol. The first kappa shape index (κ1) is 54.1. The molecule has 6 heterocycles. The number of methoxy groups -OCH3 is 2. The minimum Gasteiger partial charge on any atom is -0.480 e. The van der Waals surface area contributed by atoms with Gasteiger partial charge in [0.1, 0.15) is 54.5 Å². The zero-order valence-electron chi connectivity index (χ0n) is 42.8. The van der Waals surface area contributed by atoms with E-state index in [9.17, 15) is 35.1 Å². The molecule has 0 radical (unpaired) electrons. The molecule has 25 heteroatoms. The molecule has 0 unspecified atom stereocenters. The molecule has 0 atom stereocenters. The van der Waals surface area contributed by atoms with Crippen molar-refractivity contribution in [2.45, 2.75) is 115 Å². The number of nitrogens with zero attached hydrogens (tertiary/aromatic N) is 12. The predicted octanol–water partition coefficient (Wildman–Crippen LogP) is 12.4. The van der Waals surface area contributed by atoms with Gasteiger partial charge in [0.25, 0.3) is 5.92 Å². The summed E-state index contributed by atoms with van der Waals surface area (Å²) in [5.41, 5.74) is 2.74. The molecule has 412 valence electrons. The van der Waals surface area contributed by atoms with Crippen LogP contribution in [0.25, 0.3) is 45.6 Å². The Morgan fingerprint density at radius 1 is 0.608 bits per heavy atom. The van der Waals surface area contributed by atoms with Crippen LogP contribution in [0.3, 0.4) is 0 Å². The minimum absolute atomic E-state index is 0.00394. The molecule has 11 rings (SSSR count). The van der Waals surface area contributed by atoms with Gasteiger partial charge in [-0.1, -0.05) is 37.3 Å². The number of halogens is 9. The third-order valence-electron chi connectivity index (χ3n) is 13.2. The summed E-state index contributed by atoms with van der Waals surface area (Å²) in [6, 6.07) is 12.0. The first-order valence-corrected chi connectivity index (χ1v) is 25.1. The van der Waals surface area contributed by atoms with Crippen molar-refractivity contribution in [1.82, 2.24) is 59.0 Å². The van der Waals surface area contributed by atoms with Crippen LogP contribution in [0, 0.1) is 12.7 Å². The van der Waals surface area contributed by atoms with Crippen molar-refractivity contribution >= 4 is 0 Å². The van der Waals surface area contributed by atoms with Crippen LogP contribution in [0.15, 0.2) is 86.0 Å². The van der Waals surface area contributed by atoms with Crippen molar-refractivity contribution < 1.29 is 58.5 Å². The first-order valence-electron chi connectivity index (χ1n) is 25.1. The highest BCUT2D eigenvalue weighted by molar-refractivity contribution is 5.67. The highest BCUT2D eigenvalue weighted by Gasteiger charge is 2.39. The van der Waals surface area contributed by atoms with Crippen molar-refractivity contribution in [3.8, 4) is 69.1 Å². The molecule has 0 spiro atoms. The van der Waals surface area contributed by atoms with E-state index >= 15 is 4.39 Å². The van der Waals surface area contributed by atoms with Gasteiger partial charge in [0, 0.05) is 66.3 Å². The molecule has 2 aromatic carbocycles. The fourth-order valence-electron chi connectivity index (χ4n) is 8.58. The second-order valence-electron chi connectivity index (χ2n) is 19.2. The fraction of sp³-hybridized carbons (Fsp3) is 0.370. The summed E-state index contributed by atoms with van der Waals surface area (Å²) in [6.07, 6.45) is 3.30. The Morgan fingerprint density at radius 3 is 1.76 bits per heavy atom. The summed E-state index contributed by atoms with van der Waals surface area (Å²) < 4.78 is 148. The number of aryl methyl sites for hydroxylation is 1. The molecule has 0 amide bonds. The van der Waals surface area contributed by atoms with Gasteiger partial charge in [0.15, 0.2) is 23.0 Å². The first-order chi connectivity index (χ1) is 37.8. The number of hydrogen-bond donors (Lipinski definition) is 0. The SMILES string of the molecule is CCC(F)(F)Cn1cc(C(F)(F)F)nc1-c1ccc(COc2nc(-c3c(OC)ncnc3C3CC3)ncc2C)cc1.COc1ncnc(C2CC2)c1-c1nccc(OCc2ccc(-c3nc(C(F)(F)F)cn3C3CC3)c(F)c2)n1. The molecular formula is C54H49F9N12O4. The van der Waals surface area contributed by atoms with Crippen LogP contribution in [-0.4, -0.2) is 79.1 Å². The summed E-state index contributed by atoms with van der Waals surface area (Å²) in [7, 11) is 3.03. The zero-order valence-corrected chi connectivity index (χ0v) is 42.8. The van der Waals surface area contributed by atoms with Gasteiger partial charge in [-0.3, -0.25) is 0 Å². The second kappa shape index (κ2) is 21.9. The van der Waals surface area contributed by atoms with E-state index in [0.717, 1.165) is 60.7 Å². The highest BCUT2D eigenvalue weighted by Crippen LogP contribution is 2.47. The third kappa shape index (κ3) is 12.4. The molecule has 0 aliphatic heterocycles. The van der Waals surface area contributed by atoms with Crippen LogP contribution in [-0.2, 0) is 32.1 Å². The number of imidazole rings is 2. The lowest BCUT2D eigenvalue weighted by Crippen LogP contribution is -2.22. The Bertz CT molecular complexity index is 3490. The summed E-state index contributed by atoms with van der Waals surface area (Å²) >= 11 is 0. The normalized spacial score (nSPS) is 14.6. The van der Waals surface area contributed by atoms with E-state index in [1.54, 1.807) is 43.6 Å². The van der Waals surface area contributed by atoms with Crippen LogP contribution < -0.4 is 18.9 Å². The molecule has 0 N–H and O–H groups in total. The lowest BCUT2D eigenvalue weighted by atomic mass is 10.1. The second-order valence-corrected chi connectivity index (χ2v) is 19.2. The molecule has 6 aromatic heterocycles. The van der Waals surface area contributed by atoms with Gasteiger partial charge in [-0.05, 0) is 68.7 Å². The van der Waals surface area contributed by atoms with E-state index in [-0.39, 0.29) is 47.9 Å². The van der Waals surface area contributed by atoms with Gasteiger partial charge in [0.2, 0.25) is 23.5 Å². The Hall–Kier alpha value is -8.25. The molecule has 3 aliphatic carbocycles. The van der Waals surface area contributed by atoms with Crippen LogP contribution in [0.5, 0.6) is 23.5 Å². The van der Waals surface area contributed by atoms with Gasteiger partial charge in [-0.15, -0.1) is 0 Å². The smallest absolute Gasteiger partial charge is 0.434 e. The van der Waals surface area contributed by atoms with Crippen molar-refractivity contribution in [1.29, 1.82) is 0 Å². The third-order valence-corrected chi connectivity index (χ3v) is 13.2. The lowest BCUT2D eigenvalue weighted by molar-refractivity contribution is -0.141. The predicted molar refractivity (Wildman–Crippen MR) is 265 cm³/mol. The summed E-state index contributed by atoms with van der Waals surface area (Å²) in [5, 5.41) is 0. The quantitative estimate of drug-likeness (QED) is 0.0742. The molecule has 3 aliphatic rings. The van der Waals surface area contributed by atoms with E-state index in [2.05, 4.69) is 49.8 Å². The molecule has 3 saturated carbocycles. The Morgan fingerprint density at radius 2 is 1.19 bits per heavy atom. The van der Waals surface area contributed by atoms with Gasteiger partial charge >= 0.3 is 12.4 Å². The Balaban J connectivity index is 0.000000179. The van der Waals surface area contributed by atoms with Crippen molar-refractivity contribution in [3.63, 3.8) is 0 Å². The number of rotatable bonds is 18. The lowest BCUT2D eigenvalue weighted by Gasteiger charge is -2.16. The molecule has 0 bridgehead atoms. The fourth-order valence-corrected chi connectivity index (χ4v) is 8.58. The average molecular weight is 1100 g/mol. The van der Waals surface area contributed by atoms with Gasteiger partial charge in [-0.2, -0.15) is 36.3 Å². The van der Waals surface area contributed by atoms with E-state index in [4.69, 9.17) is 18.9 Å².